The minimum absolute atomic E-state index is 0. The smallest absolute Gasteiger partial charge is 0.662 e. The van der Waals surface area contributed by atoms with Gasteiger partial charge >= 0.3 is 83.7 Å². The molecule has 4 aliphatic rings. The van der Waals surface area contributed by atoms with Crippen LogP contribution < -0.4 is 71.9 Å². The van der Waals surface area contributed by atoms with E-state index in [1.54, 1.807) is 157 Å². The van der Waals surface area contributed by atoms with Gasteiger partial charge in [0.15, 0.2) is 49.7 Å². The fourth-order valence-corrected chi connectivity index (χ4v) is 20.1. The second-order valence-corrected chi connectivity index (χ2v) is 43.0. The van der Waals surface area contributed by atoms with E-state index in [2.05, 4.69) is 65.9 Å². The van der Waals surface area contributed by atoms with Gasteiger partial charge in [-0.15, -0.1) is 103 Å². The summed E-state index contributed by atoms with van der Waals surface area (Å²) < 4.78 is 66.4. The van der Waals surface area contributed by atoms with Gasteiger partial charge < -0.3 is 95.5 Å². The molecule has 1 fully saturated rings. The number of aromatic nitrogens is 4. The average molecular weight is 2390 g/mol. The predicted octanol–water partition coefficient (Wildman–Crippen LogP) is 10.8. The number of ketones is 1. The van der Waals surface area contributed by atoms with Gasteiger partial charge in [-0.25, -0.2) is 71.4 Å². The summed E-state index contributed by atoms with van der Waals surface area (Å²) in [6.07, 6.45) is 5.21. The van der Waals surface area contributed by atoms with Gasteiger partial charge in [-0.3, -0.25) is 39.6 Å². The van der Waals surface area contributed by atoms with Crippen LogP contribution in [0, 0.1) is 5.41 Å². The number of alkyl carbamates (subject to hydrolysis) is 3. The molecular formula is C88H106Cl5N16NaO26S12. The molecule has 148 heavy (non-hydrogen) atoms. The number of benzene rings is 1. The number of aldehydes is 1. The molecule has 60 heteroatoms. The number of carboxylic acids is 1. The minimum atomic E-state index is -3.42. The number of aliphatic hydroxyl groups is 1. The van der Waals surface area contributed by atoms with E-state index in [4.69, 9.17) is 111 Å². The number of carboxylic acid groups (broad SMARTS) is 1. The number of methoxy groups -OCH3 is 4. The van der Waals surface area contributed by atoms with Crippen molar-refractivity contribution < 1.29 is 154 Å². The largest absolute Gasteiger partial charge is 1.00 e. The molecule has 1 saturated heterocycles. The molecule has 12 heterocycles. The van der Waals surface area contributed by atoms with E-state index in [0.29, 0.717) is 102 Å². The van der Waals surface area contributed by atoms with Crippen LogP contribution in [0.4, 0.5) is 14.4 Å². The zero-order valence-corrected chi connectivity index (χ0v) is 97.6. The molecule has 1 aromatic carbocycles. The third-order valence-corrected chi connectivity index (χ3v) is 27.5. The molecule has 0 aliphatic carbocycles. The molecule has 802 valence electrons. The number of hydrogen-bond donors (Lipinski definition) is 10. The topological polar surface area (TPSA) is 600 Å². The summed E-state index contributed by atoms with van der Waals surface area (Å²) in [6.45, 7) is 15.0. The summed E-state index contributed by atoms with van der Waals surface area (Å²) in [4.78, 5) is 179. The van der Waals surface area contributed by atoms with Gasteiger partial charge in [-0.05, 0) is 114 Å². The van der Waals surface area contributed by atoms with Crippen molar-refractivity contribution >= 4 is 296 Å². The molecule has 7 atom stereocenters. The molecule has 11 N–H and O–H groups in total. The van der Waals surface area contributed by atoms with Crippen LogP contribution in [-0.4, -0.2) is 228 Å². The predicted molar refractivity (Wildman–Crippen MR) is 578 cm³/mol. The number of nitrogens with one attached hydrogen (secondary N) is 7. The number of aliphatic hydroxyl groups excluding tert-OH is 1. The number of carbonyl (C=O) groups excluding carboxylic acids is 11. The second-order valence-electron chi connectivity index (χ2n) is 32.2. The zero-order chi connectivity index (χ0) is 106. The first-order valence-electron chi connectivity index (χ1n) is 41.7. The number of amides is 3. The van der Waals surface area contributed by atoms with Gasteiger partial charge in [0.1, 0.15) is 65.8 Å². The van der Waals surface area contributed by atoms with Crippen molar-refractivity contribution in [3.63, 3.8) is 0 Å². The molecular weight excluding hydrogens is 2280 g/mol. The van der Waals surface area contributed by atoms with Crippen LogP contribution in [0.5, 0.6) is 0 Å². The van der Waals surface area contributed by atoms with Crippen molar-refractivity contribution in [2.75, 3.05) is 47.8 Å². The fourth-order valence-electron chi connectivity index (χ4n) is 12.5. The Kier molecular flexibility index (Phi) is 59.0. The minimum Gasteiger partial charge on any atom is -0.662 e. The first-order valence-corrected chi connectivity index (χ1v) is 52.1. The number of rotatable bonds is 30. The van der Waals surface area contributed by atoms with Crippen LogP contribution in [0.25, 0.3) is 0 Å². The number of aliphatic carboxylic acids is 1. The van der Waals surface area contributed by atoms with E-state index in [1.807, 2.05) is 32.5 Å². The monoisotopic (exact) mass is 2380 g/mol. The van der Waals surface area contributed by atoms with Gasteiger partial charge in [-0.1, -0.05) is 76.7 Å². The molecule has 0 spiro atoms. The number of carbonyl (C=O) groups is 12. The quantitative estimate of drug-likeness (QED) is 0.00230. The third kappa shape index (κ3) is 43.3. The molecule has 3 amide bonds. The number of amidine groups is 4. The van der Waals surface area contributed by atoms with Crippen LogP contribution in [0.2, 0.25) is 20.1 Å². The summed E-state index contributed by atoms with van der Waals surface area (Å²) >= 11 is 35.5. The van der Waals surface area contributed by atoms with E-state index < -0.39 is 142 Å². The number of Topliss-reactive ketones (excluding diaryl/α,β-unsaturated/α-hetero) is 1. The molecule has 0 radical (unpaired) electrons. The molecule has 13 rings (SSSR count). The maximum Gasteiger partial charge on any atom is 1.00 e. The first kappa shape index (κ1) is 134. The number of sulfonamides is 1. The molecule has 0 saturated carbocycles. The van der Waals surface area contributed by atoms with E-state index in [9.17, 15) is 71.4 Å². The standard InChI is InChI=1S/C21H23ClN4O6S2.C21H25ClN4O5S2.C19H25NO7.C17H17ClN4O4S3.C5H3ClOS.C4H5N3S.CH2O3.ClH.Na.3H2S/c1-21(2,3)32-20(30)25-12(18(27)28)9-11-13(19(29)31-4)14(15-10(22)5-7-33-15)26-16(24-11)17-23-6-8-34-17;1-21(2,3)31-20(29)24-11(10-27)9-13-14(19(28)30-4)15(16-12(22)5-7-32-16)26-17(25-13)18-23-6-8-33-18;1-19(2,3)27-18(24)20-15(10-14(21)11-16(22)25-4)17(23)26-12-13-8-6-5-7-9-13;1-26-17(23)12-11-7-9(21-29(2,24)25)8-22(11)15(16-19-4-6-28-16)20-13(12)14-10(18)3-5-27-14;6-4-1-2-8-5(4)3-7;5-3(6)4-7-1-2-8-4;2-1-4-3;;;;;/h5-8,12,14H,9H2,1-4H3,(H,24,26)(H,25,30)(H,27,28);5-8,11,15,27H,9-10H2,1-4H3,(H,24,29)(H,25,26);5-9,15H,10-12H2,1-4H3,(H,20,24);3-6,9,13,21H,7-8H2,1-2H3;1-3H;1-2H,(H3,5,6);1,3H;1H;;3*1H2/q;;;;;;;;+1;;;/p-1/t12-,14?;11-,15?;15-;9-,13+;;;;;;;;/m0000......../s1. The summed E-state index contributed by atoms with van der Waals surface area (Å²) in [5.74, 6) is -3.80. The number of thiophene rings is 4. The molecule has 0 bridgehead atoms. The number of hydrogen-bond acceptors (Lipinski definition) is 44. The van der Waals surface area contributed by atoms with Crippen molar-refractivity contribution in [1.82, 2.24) is 56.1 Å². The molecule has 9 aromatic rings. The Morgan fingerprint density at radius 2 is 1.00 bits per heavy atom. The number of halogens is 5. The van der Waals surface area contributed by atoms with Crippen molar-refractivity contribution in [3.8, 4) is 0 Å². The van der Waals surface area contributed by atoms with Gasteiger partial charge in [-0.2, -0.15) is 40.5 Å². The Balaban J connectivity index is 0.000000619. The number of esters is 5. The second kappa shape index (κ2) is 65.0. The number of nitrogens with two attached hydrogens (primary N) is 1. The van der Waals surface area contributed by atoms with Crippen molar-refractivity contribution in [3.05, 3.63) is 221 Å². The number of nitrogen functional groups attached to an aromatic ring is 1. The van der Waals surface area contributed by atoms with E-state index in [1.165, 1.54) is 112 Å². The number of fused-ring (bicyclic) bond motifs is 1. The van der Waals surface area contributed by atoms with Gasteiger partial charge in [0, 0.05) is 102 Å². The fraction of sp³-hybridized carbons (Fsp3) is 0.364. The van der Waals surface area contributed by atoms with Gasteiger partial charge in [0.25, 0.3) is 6.47 Å². The normalized spacial score (nSPS) is 15.3. The number of aliphatic imine (C=N–C) groups is 3. The number of ether oxygens (including phenoxy) is 8. The Hall–Kier alpha value is -9.59. The van der Waals surface area contributed by atoms with E-state index >= 15 is 0 Å². The van der Waals surface area contributed by atoms with Crippen LogP contribution in [0.1, 0.15) is 162 Å². The number of nitrogens with zero attached hydrogens (tertiary/aromatic N) is 8. The van der Waals surface area contributed by atoms with Gasteiger partial charge in [0.2, 0.25) is 10.0 Å². The Bertz CT molecular complexity index is 6210. The summed E-state index contributed by atoms with van der Waals surface area (Å²) in [5, 5.41) is 67.3. The number of thiazole rings is 4. The molecule has 4 aliphatic heterocycles. The third-order valence-electron chi connectivity index (χ3n) is 18.1. The molecule has 8 aromatic heterocycles. The van der Waals surface area contributed by atoms with Crippen LogP contribution in [0.15, 0.2) is 171 Å². The van der Waals surface area contributed by atoms with Crippen LogP contribution in [-0.2, 0) is 97.8 Å². The van der Waals surface area contributed by atoms with Gasteiger partial charge in [0.05, 0.1) is 104 Å². The van der Waals surface area contributed by atoms with E-state index in [-0.39, 0.29) is 138 Å². The summed E-state index contributed by atoms with van der Waals surface area (Å²) in [7, 11) is 1.55. The average Bonchev–Trinajstić information content (AvgIpc) is 1.57. The molecule has 2 unspecified atom stereocenters. The van der Waals surface area contributed by atoms with Crippen molar-refractivity contribution in [2.45, 2.75) is 160 Å². The van der Waals surface area contributed by atoms with Crippen molar-refractivity contribution in [1.29, 1.82) is 5.41 Å². The zero-order valence-electron chi connectivity index (χ0n) is 81.4. The first-order chi connectivity index (χ1) is 67.6. The Morgan fingerprint density at radius 1 is 0.581 bits per heavy atom. The SMILES string of the molecule is COC(=O)C1=C(C[C@@H](CO)NC(=O)OC(C)(C)C)NC(c2nccs2)=NC1c1sccc1Cl.COC(=O)C1=C(C[C@H](NC(=O)OC(C)(C)C)C(=O)O)NC(c2nccs2)=NC1c1sccc1Cl.COC(=O)C1=C2C[C@H](NS(C)(=O)=O)CN2C(c2nccs2)=N[C@H]1c1sccc1Cl.COC(=O)CC(=O)C[C@H](NC(=O)OC(C)(C)C)C(=O)OCc1ccccc1.Cl.N=C(N)c1nccs1.O=CO[O-].O=Cc1sccc1Cl.S.S.S.[Na+]. The maximum absolute atomic E-state index is 12.9. The Morgan fingerprint density at radius 3 is 1.36 bits per heavy atom. The Labute approximate surface area is 952 Å². The summed E-state index contributed by atoms with van der Waals surface area (Å²) in [6, 6.07) is 9.76. The maximum atomic E-state index is 12.9. The van der Waals surface area contributed by atoms with Crippen molar-refractivity contribution in [2.24, 2.45) is 20.7 Å². The summed E-state index contributed by atoms with van der Waals surface area (Å²) in [5.41, 5.74) is 5.57. The molecule has 42 nitrogen and oxygen atoms in total. The van der Waals surface area contributed by atoms with Crippen LogP contribution in [0.3, 0.4) is 0 Å². The van der Waals surface area contributed by atoms with E-state index in [0.717, 1.165) is 30.1 Å². The van der Waals surface area contributed by atoms with Crippen LogP contribution >= 0.6 is 190 Å².